The third-order valence-electron chi connectivity index (χ3n) is 4.73. The average molecular weight is 447 g/mol. The van der Waals surface area contributed by atoms with Gasteiger partial charge in [0.15, 0.2) is 0 Å². The van der Waals surface area contributed by atoms with Gasteiger partial charge in [0.05, 0.1) is 6.04 Å². The molecule has 0 aliphatic heterocycles. The summed E-state index contributed by atoms with van der Waals surface area (Å²) in [5, 5.41) is 3.07. The molecule has 0 fully saturated rings. The van der Waals surface area contributed by atoms with E-state index in [-0.39, 0.29) is 30.6 Å². The van der Waals surface area contributed by atoms with E-state index < -0.39 is 11.9 Å². The van der Waals surface area contributed by atoms with Crippen molar-refractivity contribution in [3.63, 3.8) is 0 Å². The lowest BCUT2D eigenvalue weighted by atomic mass is 10.0. The number of carbonyl (C=O) groups is 1. The number of hydrogen-bond donors (Lipinski definition) is 2. The van der Waals surface area contributed by atoms with Crippen LogP contribution in [-0.4, -0.2) is 11.9 Å². The molecule has 0 bridgehead atoms. The highest BCUT2D eigenvalue weighted by Gasteiger charge is 2.11. The Morgan fingerprint density at radius 2 is 1.61 bits per heavy atom. The molecule has 0 radical (unpaired) electrons. The van der Waals surface area contributed by atoms with Crippen LogP contribution < -0.4 is 15.8 Å². The number of ether oxygens (including phenoxy) is 1. The van der Waals surface area contributed by atoms with Crippen LogP contribution >= 0.6 is 12.4 Å². The van der Waals surface area contributed by atoms with Crippen LogP contribution in [0.3, 0.4) is 0 Å². The third-order valence-corrected chi connectivity index (χ3v) is 4.73. The van der Waals surface area contributed by atoms with Gasteiger partial charge in [-0.25, -0.2) is 8.78 Å². The first-order valence-electron chi connectivity index (χ1n) is 9.67. The topological polar surface area (TPSA) is 64.3 Å². The summed E-state index contributed by atoms with van der Waals surface area (Å²) in [4.78, 5) is 11.2. The first-order valence-corrected chi connectivity index (χ1v) is 9.67. The molecule has 0 spiro atoms. The van der Waals surface area contributed by atoms with Crippen molar-refractivity contribution in [1.29, 1.82) is 0 Å². The third kappa shape index (κ3) is 7.35. The molecule has 3 rings (SSSR count). The Labute approximate surface area is 186 Å². The summed E-state index contributed by atoms with van der Waals surface area (Å²) in [6.45, 7) is 2.36. The van der Waals surface area contributed by atoms with Crippen molar-refractivity contribution in [2.24, 2.45) is 5.73 Å². The van der Waals surface area contributed by atoms with Gasteiger partial charge in [0.2, 0.25) is 5.91 Å². The summed E-state index contributed by atoms with van der Waals surface area (Å²) in [6, 6.07) is 17.8. The van der Waals surface area contributed by atoms with E-state index in [0.717, 1.165) is 16.7 Å². The van der Waals surface area contributed by atoms with Crippen molar-refractivity contribution in [2.75, 3.05) is 0 Å². The zero-order valence-corrected chi connectivity index (χ0v) is 17.9. The number of carbonyl (C=O) groups excluding carboxylic acids is 1. The van der Waals surface area contributed by atoms with E-state index in [4.69, 9.17) is 10.5 Å². The number of nitrogens with two attached hydrogens (primary N) is 1. The molecule has 164 valence electrons. The Kier molecular flexibility index (Phi) is 8.97. The van der Waals surface area contributed by atoms with Gasteiger partial charge < -0.3 is 15.8 Å². The molecule has 0 aliphatic carbocycles. The van der Waals surface area contributed by atoms with E-state index in [9.17, 15) is 13.6 Å². The molecule has 3 aromatic rings. The molecule has 0 unspecified atom stereocenters. The fourth-order valence-electron chi connectivity index (χ4n) is 3.05. The maximum absolute atomic E-state index is 13.6. The van der Waals surface area contributed by atoms with Crippen LogP contribution in [0.4, 0.5) is 8.78 Å². The van der Waals surface area contributed by atoms with Gasteiger partial charge in [-0.15, -0.1) is 12.4 Å². The van der Waals surface area contributed by atoms with Crippen LogP contribution in [0.25, 0.3) is 0 Å². The second-order valence-corrected chi connectivity index (χ2v) is 7.17. The van der Waals surface area contributed by atoms with Gasteiger partial charge in [-0.2, -0.15) is 0 Å². The highest BCUT2D eigenvalue weighted by atomic mass is 35.5. The highest BCUT2D eigenvalue weighted by Crippen LogP contribution is 2.25. The summed E-state index contributed by atoms with van der Waals surface area (Å²) in [7, 11) is 0. The van der Waals surface area contributed by atoms with Crippen molar-refractivity contribution in [3.05, 3.63) is 101 Å². The second kappa shape index (κ2) is 11.4. The summed E-state index contributed by atoms with van der Waals surface area (Å²) < 4.78 is 33.0. The lowest BCUT2D eigenvalue weighted by Crippen LogP contribution is -2.38. The molecule has 3 aromatic carbocycles. The summed E-state index contributed by atoms with van der Waals surface area (Å²) in [6.07, 6.45) is 0.468. The number of benzene rings is 3. The molecule has 0 aromatic heterocycles. The predicted octanol–water partition coefficient (Wildman–Crippen LogP) is 4.52. The van der Waals surface area contributed by atoms with Gasteiger partial charge in [-0.1, -0.05) is 36.4 Å². The van der Waals surface area contributed by atoms with E-state index in [0.29, 0.717) is 24.3 Å². The molecule has 0 aliphatic rings. The smallest absolute Gasteiger partial charge is 0.234 e. The molecule has 3 N–H and O–H groups in total. The second-order valence-electron chi connectivity index (χ2n) is 7.17. The lowest BCUT2D eigenvalue weighted by molar-refractivity contribution is -0.119. The lowest BCUT2D eigenvalue weighted by Gasteiger charge is -2.15. The molecular formula is C24H25ClF2N2O2. The molecule has 0 saturated carbocycles. The normalized spacial score (nSPS) is 11.5. The van der Waals surface area contributed by atoms with Crippen LogP contribution in [0.5, 0.6) is 5.75 Å². The molecular weight excluding hydrogens is 422 g/mol. The van der Waals surface area contributed by atoms with E-state index in [1.165, 1.54) is 24.3 Å². The van der Waals surface area contributed by atoms with Crippen molar-refractivity contribution >= 4 is 18.3 Å². The van der Waals surface area contributed by atoms with Crippen LogP contribution in [0.2, 0.25) is 0 Å². The van der Waals surface area contributed by atoms with Gasteiger partial charge in [0.25, 0.3) is 0 Å². The molecule has 0 saturated heterocycles. The number of primary amides is 1. The summed E-state index contributed by atoms with van der Waals surface area (Å²) >= 11 is 0. The van der Waals surface area contributed by atoms with E-state index in [1.54, 1.807) is 25.1 Å². The maximum atomic E-state index is 13.6. The molecule has 4 nitrogen and oxygen atoms in total. The van der Waals surface area contributed by atoms with Gasteiger partial charge in [-0.05, 0) is 59.5 Å². The van der Waals surface area contributed by atoms with Gasteiger partial charge in [0.1, 0.15) is 24.0 Å². The Morgan fingerprint density at radius 3 is 2.26 bits per heavy atom. The van der Waals surface area contributed by atoms with Crippen molar-refractivity contribution in [2.45, 2.75) is 32.5 Å². The minimum atomic E-state index is -0.458. The molecule has 0 heterocycles. The van der Waals surface area contributed by atoms with Gasteiger partial charge in [0, 0.05) is 13.0 Å². The number of hydrogen-bond acceptors (Lipinski definition) is 3. The number of rotatable bonds is 9. The fourth-order valence-corrected chi connectivity index (χ4v) is 3.05. The largest absolute Gasteiger partial charge is 0.489 e. The minimum absolute atomic E-state index is 0. The van der Waals surface area contributed by atoms with E-state index in [2.05, 4.69) is 5.32 Å². The molecule has 1 amide bonds. The highest BCUT2D eigenvalue weighted by molar-refractivity contribution is 5.85. The first kappa shape index (κ1) is 24.3. The van der Waals surface area contributed by atoms with Crippen molar-refractivity contribution in [3.8, 4) is 5.75 Å². The number of halogens is 3. The first-order chi connectivity index (χ1) is 14.4. The molecule has 31 heavy (non-hydrogen) atoms. The number of nitrogens with one attached hydrogen (secondary N) is 1. The number of amides is 1. The quantitative estimate of drug-likeness (QED) is 0.508. The van der Waals surface area contributed by atoms with E-state index in [1.807, 2.05) is 24.3 Å². The Balaban J connectivity index is 0.00000341. The van der Waals surface area contributed by atoms with Crippen molar-refractivity contribution in [1.82, 2.24) is 5.32 Å². The zero-order valence-electron chi connectivity index (χ0n) is 17.1. The van der Waals surface area contributed by atoms with Crippen LogP contribution in [0.15, 0.2) is 66.7 Å². The Bertz CT molecular complexity index is 1030. The maximum Gasteiger partial charge on any atom is 0.234 e. The van der Waals surface area contributed by atoms with Crippen molar-refractivity contribution < 1.29 is 18.3 Å². The van der Waals surface area contributed by atoms with Gasteiger partial charge >= 0.3 is 0 Å². The Hall–Kier alpha value is -2.96. The summed E-state index contributed by atoms with van der Waals surface area (Å²) in [5.74, 6) is -0.413. The SMILES string of the molecule is C[C@H](NCc1ccc(OCc2cccc(F)c2)c(Cc2cccc(F)c2)c1)C(N)=O.Cl. The summed E-state index contributed by atoms with van der Waals surface area (Å²) in [5.41, 5.74) is 8.62. The zero-order chi connectivity index (χ0) is 21.5. The van der Waals surface area contributed by atoms with Crippen LogP contribution in [-0.2, 0) is 24.4 Å². The molecule has 1 atom stereocenters. The monoisotopic (exact) mass is 446 g/mol. The van der Waals surface area contributed by atoms with E-state index >= 15 is 0 Å². The Morgan fingerprint density at radius 1 is 0.968 bits per heavy atom. The average Bonchev–Trinajstić information content (AvgIpc) is 2.71. The van der Waals surface area contributed by atoms with Gasteiger partial charge in [-0.3, -0.25) is 4.79 Å². The van der Waals surface area contributed by atoms with Crippen LogP contribution in [0, 0.1) is 11.6 Å². The van der Waals surface area contributed by atoms with Crippen LogP contribution in [0.1, 0.15) is 29.2 Å². The predicted molar refractivity (Wildman–Crippen MR) is 119 cm³/mol. The standard InChI is InChI=1S/C24H24F2N2O2.ClH/c1-16(24(27)29)28-14-18-8-9-23(30-15-19-5-3-7-22(26)13-19)20(11-18)10-17-4-2-6-21(25)12-17;/h2-9,11-13,16,28H,10,14-15H2,1H3,(H2,27,29);1H/t16-;/m0./s1. The minimum Gasteiger partial charge on any atom is -0.489 e. The molecule has 7 heteroatoms. The fraction of sp³-hybridized carbons (Fsp3) is 0.208.